The van der Waals surface area contributed by atoms with Crippen LogP contribution in [-0.2, 0) is 11.2 Å². The first-order valence-electron chi connectivity index (χ1n) is 7.21. The van der Waals surface area contributed by atoms with E-state index in [0.29, 0.717) is 12.3 Å². The van der Waals surface area contributed by atoms with Gasteiger partial charge in [0.15, 0.2) is 0 Å². The number of aromatic nitrogens is 1. The van der Waals surface area contributed by atoms with Gasteiger partial charge in [-0.25, -0.2) is 0 Å². The van der Waals surface area contributed by atoms with Crippen LogP contribution in [0.2, 0.25) is 0 Å². The molecular weight excluding hydrogens is 238 g/mol. The summed E-state index contributed by atoms with van der Waals surface area (Å²) in [6, 6.07) is 3.91. The molecule has 0 radical (unpaired) electrons. The number of carboxylic acid groups (broad SMARTS) is 1. The van der Waals surface area contributed by atoms with Gasteiger partial charge in [-0.05, 0) is 50.2 Å². The summed E-state index contributed by atoms with van der Waals surface area (Å²) in [5.41, 5.74) is 1.45. The topological polar surface area (TPSA) is 50.2 Å². The highest BCUT2D eigenvalue weighted by Gasteiger charge is 2.42. The molecule has 3 nitrogen and oxygen atoms in total. The lowest BCUT2D eigenvalue weighted by Gasteiger charge is -2.36. The van der Waals surface area contributed by atoms with Crippen LogP contribution in [0.5, 0.6) is 0 Å². The second-order valence-corrected chi connectivity index (χ2v) is 5.88. The Morgan fingerprint density at radius 1 is 1.47 bits per heavy atom. The number of rotatable bonds is 4. The van der Waals surface area contributed by atoms with Crippen molar-refractivity contribution in [2.75, 3.05) is 0 Å². The van der Waals surface area contributed by atoms with E-state index in [1.165, 1.54) is 0 Å². The first-order valence-corrected chi connectivity index (χ1v) is 7.21. The molecule has 0 saturated heterocycles. The Kier molecular flexibility index (Phi) is 4.23. The second-order valence-electron chi connectivity index (χ2n) is 5.88. The van der Waals surface area contributed by atoms with Crippen molar-refractivity contribution in [1.82, 2.24) is 4.98 Å². The molecular formula is C16H23NO2. The molecule has 1 fully saturated rings. The number of hydrogen-bond acceptors (Lipinski definition) is 2. The number of carbonyl (C=O) groups is 1. The molecule has 1 saturated carbocycles. The fraction of sp³-hybridized carbons (Fsp3) is 0.625. The van der Waals surface area contributed by atoms with Crippen molar-refractivity contribution in [3.63, 3.8) is 0 Å². The Morgan fingerprint density at radius 3 is 2.68 bits per heavy atom. The van der Waals surface area contributed by atoms with E-state index in [4.69, 9.17) is 0 Å². The molecule has 2 rings (SSSR count). The summed E-state index contributed by atoms with van der Waals surface area (Å²) in [5.74, 6) is 0.0596. The van der Waals surface area contributed by atoms with Gasteiger partial charge in [-0.3, -0.25) is 9.78 Å². The second kappa shape index (κ2) is 5.72. The highest BCUT2D eigenvalue weighted by Crippen LogP contribution is 2.42. The van der Waals surface area contributed by atoms with E-state index in [0.717, 1.165) is 43.4 Å². The molecule has 1 aromatic rings. The van der Waals surface area contributed by atoms with E-state index in [9.17, 15) is 9.90 Å². The molecule has 0 unspecified atom stereocenters. The van der Waals surface area contributed by atoms with Gasteiger partial charge < -0.3 is 5.11 Å². The molecule has 0 bridgehead atoms. The first-order chi connectivity index (χ1) is 9.07. The summed E-state index contributed by atoms with van der Waals surface area (Å²) in [6.45, 7) is 4.21. The Labute approximate surface area is 115 Å². The molecule has 0 aromatic carbocycles. The molecule has 0 atom stereocenters. The van der Waals surface area contributed by atoms with E-state index in [1.54, 1.807) is 6.20 Å². The first kappa shape index (κ1) is 14.0. The lowest BCUT2D eigenvalue weighted by molar-refractivity contribution is -0.151. The third-order valence-corrected chi connectivity index (χ3v) is 4.72. The zero-order chi connectivity index (χ0) is 13.9. The van der Waals surface area contributed by atoms with Crippen LogP contribution in [0, 0.1) is 18.3 Å². The largest absolute Gasteiger partial charge is 0.481 e. The number of aliphatic carboxylic acids is 1. The SMILES string of the molecule is CCC1CCC(Cc2ncccc2C)(C(=O)O)CC1. The standard InChI is InChI=1S/C16H23NO2/c1-3-13-6-8-16(9-7-13,15(18)19)11-14-12(2)5-4-10-17-14/h4-5,10,13H,3,6-9,11H2,1-2H3,(H,18,19). The van der Waals surface area contributed by atoms with Crippen molar-refractivity contribution in [1.29, 1.82) is 0 Å². The van der Waals surface area contributed by atoms with Gasteiger partial charge in [-0.15, -0.1) is 0 Å². The molecule has 1 N–H and O–H groups in total. The maximum atomic E-state index is 11.8. The summed E-state index contributed by atoms with van der Waals surface area (Å²) >= 11 is 0. The van der Waals surface area contributed by atoms with E-state index >= 15 is 0 Å². The van der Waals surface area contributed by atoms with Crippen molar-refractivity contribution in [3.05, 3.63) is 29.6 Å². The van der Waals surface area contributed by atoms with Crippen molar-refractivity contribution in [2.24, 2.45) is 11.3 Å². The molecule has 1 aromatic heterocycles. The van der Waals surface area contributed by atoms with Gasteiger partial charge in [-0.1, -0.05) is 19.4 Å². The third-order valence-electron chi connectivity index (χ3n) is 4.72. The number of pyridine rings is 1. The lowest BCUT2D eigenvalue weighted by Crippen LogP contribution is -2.37. The van der Waals surface area contributed by atoms with E-state index in [1.807, 2.05) is 19.1 Å². The van der Waals surface area contributed by atoms with Gasteiger partial charge in [-0.2, -0.15) is 0 Å². The minimum absolute atomic E-state index is 0.575. The van der Waals surface area contributed by atoms with Gasteiger partial charge >= 0.3 is 5.97 Å². The van der Waals surface area contributed by atoms with Crippen molar-refractivity contribution < 1.29 is 9.90 Å². The van der Waals surface area contributed by atoms with Gasteiger partial charge in [0.05, 0.1) is 5.41 Å². The average molecular weight is 261 g/mol. The zero-order valence-electron chi connectivity index (χ0n) is 11.9. The fourth-order valence-electron chi connectivity index (χ4n) is 3.13. The molecule has 1 heterocycles. The maximum Gasteiger partial charge on any atom is 0.310 e. The van der Waals surface area contributed by atoms with Crippen LogP contribution >= 0.6 is 0 Å². The highest BCUT2D eigenvalue weighted by atomic mass is 16.4. The Morgan fingerprint density at radius 2 is 2.16 bits per heavy atom. The fourth-order valence-corrected chi connectivity index (χ4v) is 3.13. The van der Waals surface area contributed by atoms with Crippen LogP contribution in [0.4, 0.5) is 0 Å². The van der Waals surface area contributed by atoms with Gasteiger partial charge in [0.25, 0.3) is 0 Å². The average Bonchev–Trinajstić information content (AvgIpc) is 2.42. The van der Waals surface area contributed by atoms with Crippen LogP contribution in [0.15, 0.2) is 18.3 Å². The summed E-state index contributed by atoms with van der Waals surface area (Å²) in [4.78, 5) is 16.1. The number of hydrogen-bond donors (Lipinski definition) is 1. The van der Waals surface area contributed by atoms with Gasteiger partial charge in [0, 0.05) is 18.3 Å². The number of carboxylic acids is 1. The molecule has 0 aliphatic heterocycles. The maximum absolute atomic E-state index is 11.8. The minimum Gasteiger partial charge on any atom is -0.481 e. The summed E-state index contributed by atoms with van der Waals surface area (Å²) < 4.78 is 0. The molecule has 1 aliphatic rings. The van der Waals surface area contributed by atoms with E-state index in [2.05, 4.69) is 11.9 Å². The van der Waals surface area contributed by atoms with Crippen LogP contribution in [-0.4, -0.2) is 16.1 Å². The Hall–Kier alpha value is -1.38. The smallest absolute Gasteiger partial charge is 0.310 e. The monoisotopic (exact) mass is 261 g/mol. The summed E-state index contributed by atoms with van der Waals surface area (Å²) in [7, 11) is 0. The molecule has 0 amide bonds. The number of nitrogens with zero attached hydrogens (tertiary/aromatic N) is 1. The van der Waals surface area contributed by atoms with Crippen molar-refractivity contribution >= 4 is 5.97 Å². The Bertz CT molecular complexity index is 448. The summed E-state index contributed by atoms with van der Waals surface area (Å²) in [5, 5.41) is 9.67. The van der Waals surface area contributed by atoms with Crippen LogP contribution in [0.25, 0.3) is 0 Å². The molecule has 104 valence electrons. The molecule has 3 heteroatoms. The molecule has 19 heavy (non-hydrogen) atoms. The quantitative estimate of drug-likeness (QED) is 0.900. The van der Waals surface area contributed by atoms with Gasteiger partial charge in [0.1, 0.15) is 0 Å². The minimum atomic E-state index is -0.646. The highest BCUT2D eigenvalue weighted by molar-refractivity contribution is 5.75. The van der Waals surface area contributed by atoms with E-state index < -0.39 is 11.4 Å². The van der Waals surface area contributed by atoms with Gasteiger partial charge in [0.2, 0.25) is 0 Å². The third kappa shape index (κ3) is 2.96. The Balaban J connectivity index is 2.18. The summed E-state index contributed by atoms with van der Waals surface area (Å²) in [6.07, 6.45) is 7.15. The van der Waals surface area contributed by atoms with Crippen molar-refractivity contribution in [2.45, 2.75) is 52.4 Å². The normalized spacial score (nSPS) is 27.2. The van der Waals surface area contributed by atoms with Crippen molar-refractivity contribution in [3.8, 4) is 0 Å². The van der Waals surface area contributed by atoms with Crippen LogP contribution in [0.3, 0.4) is 0 Å². The predicted molar refractivity (Wildman–Crippen MR) is 75.0 cm³/mol. The lowest BCUT2D eigenvalue weighted by atomic mass is 9.67. The van der Waals surface area contributed by atoms with Crippen LogP contribution in [0.1, 0.15) is 50.3 Å². The zero-order valence-corrected chi connectivity index (χ0v) is 11.9. The van der Waals surface area contributed by atoms with E-state index in [-0.39, 0.29) is 0 Å². The predicted octanol–water partition coefficient (Wildman–Crippen LogP) is 3.60. The number of aryl methyl sites for hydroxylation is 1. The molecule has 1 aliphatic carbocycles. The molecule has 0 spiro atoms. The van der Waals surface area contributed by atoms with Crippen LogP contribution < -0.4 is 0 Å².